The summed E-state index contributed by atoms with van der Waals surface area (Å²) >= 11 is 12.2. The van der Waals surface area contributed by atoms with Crippen molar-refractivity contribution in [2.24, 2.45) is 5.10 Å². The lowest BCUT2D eigenvalue weighted by molar-refractivity contribution is -0.0541. The van der Waals surface area contributed by atoms with Crippen LogP contribution in [0.4, 0.5) is 5.95 Å². The van der Waals surface area contributed by atoms with E-state index in [9.17, 15) is 20.1 Å². The number of hydrogen-bond acceptors (Lipinski definition) is 9. The molecule has 6 N–H and O–H groups in total. The number of aromatic nitrogens is 3. The van der Waals surface area contributed by atoms with Gasteiger partial charge in [-0.2, -0.15) is 10.1 Å². The van der Waals surface area contributed by atoms with E-state index in [0.717, 1.165) is 59.0 Å². The van der Waals surface area contributed by atoms with Gasteiger partial charge in [-0.25, -0.2) is 10.4 Å². The highest BCUT2D eigenvalue weighted by Gasteiger charge is 2.25. The summed E-state index contributed by atoms with van der Waals surface area (Å²) < 4.78 is 0. The average Bonchev–Trinajstić information content (AvgIpc) is 2.97. The molecular formula is C29H27Cl2N5O5. The number of hydrogen-bond donors (Lipinski definition) is 6. The first-order valence-corrected chi connectivity index (χ1v) is 13.6. The second-order valence-electron chi connectivity index (χ2n) is 9.63. The number of hydrazone groups is 1. The summed E-state index contributed by atoms with van der Waals surface area (Å²) in [4.78, 5) is 25.5. The minimum absolute atomic E-state index is 0.0447. The third-order valence-corrected chi connectivity index (χ3v) is 7.31. The average molecular weight is 596 g/mol. The van der Waals surface area contributed by atoms with E-state index in [-0.39, 0.29) is 11.6 Å². The summed E-state index contributed by atoms with van der Waals surface area (Å²) in [5, 5.41) is 43.5. The van der Waals surface area contributed by atoms with E-state index in [1.54, 1.807) is 12.1 Å². The van der Waals surface area contributed by atoms with Crippen molar-refractivity contribution < 1.29 is 20.4 Å². The Labute approximate surface area is 244 Å². The first kappa shape index (κ1) is 28.9. The Kier molecular flexibility index (Phi) is 8.79. The molecule has 0 saturated carbocycles. The molecule has 0 bridgehead atoms. The second-order valence-corrected chi connectivity index (χ2v) is 10.5. The van der Waals surface area contributed by atoms with Gasteiger partial charge in [0.15, 0.2) is 5.65 Å². The summed E-state index contributed by atoms with van der Waals surface area (Å²) in [6.45, 7) is -0.737. The van der Waals surface area contributed by atoms with Gasteiger partial charge >= 0.3 is 0 Å². The first-order valence-electron chi connectivity index (χ1n) is 12.9. The number of H-pyrrole nitrogens is 1. The van der Waals surface area contributed by atoms with Gasteiger partial charge in [-0.3, -0.25) is 9.78 Å². The Morgan fingerprint density at radius 2 is 1.68 bits per heavy atom. The van der Waals surface area contributed by atoms with Gasteiger partial charge in [0.1, 0.15) is 18.3 Å². The van der Waals surface area contributed by atoms with E-state index in [1.807, 2.05) is 36.4 Å². The van der Waals surface area contributed by atoms with Crippen LogP contribution in [0, 0.1) is 0 Å². The Morgan fingerprint density at radius 1 is 1.00 bits per heavy atom. The highest BCUT2D eigenvalue weighted by Crippen LogP contribution is 2.40. The van der Waals surface area contributed by atoms with Crippen LogP contribution in [0.3, 0.4) is 0 Å². The molecule has 0 unspecified atom stereocenters. The lowest BCUT2D eigenvalue weighted by Crippen LogP contribution is -2.40. The van der Waals surface area contributed by atoms with Crippen molar-refractivity contribution in [3.63, 3.8) is 0 Å². The number of halogens is 2. The van der Waals surface area contributed by atoms with Crippen molar-refractivity contribution in [2.75, 3.05) is 12.0 Å². The number of nitrogens with zero attached hydrogens (tertiary/aromatic N) is 3. The number of aliphatic hydroxyl groups excluding tert-OH is 4. The van der Waals surface area contributed by atoms with Gasteiger partial charge in [-0.15, -0.1) is 0 Å². The van der Waals surface area contributed by atoms with Crippen LogP contribution in [0.5, 0.6) is 0 Å². The number of nitrogens with one attached hydrogen (secondary N) is 2. The fraction of sp³-hybridized carbons (Fsp3) is 0.241. The molecule has 5 rings (SSSR count). The van der Waals surface area contributed by atoms with Crippen molar-refractivity contribution >= 4 is 58.0 Å². The van der Waals surface area contributed by atoms with Gasteiger partial charge < -0.3 is 20.4 Å². The summed E-state index contributed by atoms with van der Waals surface area (Å²) in [6.07, 6.45) is 0.563. The Bertz CT molecular complexity index is 1670. The van der Waals surface area contributed by atoms with Crippen molar-refractivity contribution in [1.82, 2.24) is 15.0 Å². The van der Waals surface area contributed by atoms with Crippen LogP contribution in [0.15, 0.2) is 58.4 Å². The number of anilines is 1. The number of aromatic amines is 1. The lowest BCUT2D eigenvalue weighted by atomic mass is 9.84. The monoisotopic (exact) mass is 595 g/mol. The van der Waals surface area contributed by atoms with Gasteiger partial charge in [0, 0.05) is 15.6 Å². The minimum atomic E-state index is -1.66. The van der Waals surface area contributed by atoms with E-state index < -0.39 is 30.5 Å². The predicted octanol–water partition coefficient (Wildman–Crippen LogP) is 3.64. The van der Waals surface area contributed by atoms with Gasteiger partial charge in [0.2, 0.25) is 5.95 Å². The smallest absolute Gasteiger partial charge is 0.262 e. The molecule has 2 aromatic heterocycles. The molecule has 0 amide bonds. The standard InChI is InChI=1S/C29H27Cl2N5O5/c30-18-8-4-15(5-9-18)12-17-2-1-3-20-23(16-6-10-19(31)11-7-16)24-27(33-25(17)20)34-29(35-28(24)41)36-32-13-21(38)26(40)22(39)14-37/h4-13,21-22,26,37-40H,1-3,14H2,(H2,33,34,35,36,41)/b17-12+,32-13+/t21-,22+,26-/m0/s1. The van der Waals surface area contributed by atoms with Crippen molar-refractivity contribution in [1.29, 1.82) is 0 Å². The molecule has 0 fully saturated rings. The predicted molar refractivity (Wildman–Crippen MR) is 160 cm³/mol. The molecule has 1 aliphatic rings. The van der Waals surface area contributed by atoms with Crippen LogP contribution in [0.2, 0.25) is 10.0 Å². The topological polar surface area (TPSA) is 164 Å². The third-order valence-electron chi connectivity index (χ3n) is 6.81. The molecule has 212 valence electrons. The zero-order valence-corrected chi connectivity index (χ0v) is 23.1. The SMILES string of the molecule is O=c1[nH]c(N/N=C/[C@H](O)[C@H](O)[C@H](O)CO)nc2nc3c(c(-c4ccc(Cl)cc4)c12)CCC/C3=C\c1ccc(Cl)cc1. The largest absolute Gasteiger partial charge is 0.394 e. The van der Waals surface area contributed by atoms with E-state index in [4.69, 9.17) is 33.3 Å². The fourth-order valence-electron chi connectivity index (χ4n) is 4.78. The molecular weight excluding hydrogens is 569 g/mol. The molecule has 41 heavy (non-hydrogen) atoms. The molecule has 1 aliphatic carbocycles. The number of allylic oxidation sites excluding steroid dienone is 1. The number of benzene rings is 2. The number of fused-ring (bicyclic) bond motifs is 2. The molecule has 0 saturated heterocycles. The van der Waals surface area contributed by atoms with Gasteiger partial charge in [-0.05, 0) is 71.9 Å². The molecule has 12 heteroatoms. The zero-order valence-electron chi connectivity index (χ0n) is 21.6. The van der Waals surface area contributed by atoms with E-state index >= 15 is 0 Å². The van der Waals surface area contributed by atoms with E-state index in [0.29, 0.717) is 15.4 Å². The maximum absolute atomic E-state index is 13.5. The van der Waals surface area contributed by atoms with Crippen LogP contribution in [0.1, 0.15) is 29.7 Å². The summed E-state index contributed by atoms with van der Waals surface area (Å²) in [5.74, 6) is -0.0447. The minimum Gasteiger partial charge on any atom is -0.394 e. The quantitative estimate of drug-likeness (QED) is 0.133. The molecule has 3 atom stereocenters. The molecule has 2 heterocycles. The van der Waals surface area contributed by atoms with Crippen LogP contribution in [-0.2, 0) is 6.42 Å². The number of rotatable bonds is 8. The normalized spacial score (nSPS) is 16.6. The highest BCUT2D eigenvalue weighted by molar-refractivity contribution is 6.31. The molecule has 2 aromatic carbocycles. The maximum atomic E-state index is 13.5. The highest BCUT2D eigenvalue weighted by atomic mass is 35.5. The number of aliphatic hydroxyl groups is 4. The number of pyridine rings is 1. The first-order chi connectivity index (χ1) is 19.7. The Balaban J connectivity index is 1.62. The third kappa shape index (κ3) is 6.33. The van der Waals surface area contributed by atoms with Crippen molar-refractivity contribution in [2.45, 2.75) is 37.6 Å². The molecule has 0 radical (unpaired) electrons. The summed E-state index contributed by atoms with van der Waals surface area (Å²) in [6, 6.07) is 14.8. The Hall–Kier alpha value is -3.64. The van der Waals surface area contributed by atoms with E-state index in [2.05, 4.69) is 26.6 Å². The van der Waals surface area contributed by atoms with Crippen LogP contribution < -0.4 is 11.0 Å². The lowest BCUT2D eigenvalue weighted by Gasteiger charge is -2.23. The molecule has 4 aromatic rings. The zero-order chi connectivity index (χ0) is 29.1. The summed E-state index contributed by atoms with van der Waals surface area (Å²) in [5.41, 5.74) is 7.45. The fourth-order valence-corrected chi connectivity index (χ4v) is 5.03. The van der Waals surface area contributed by atoms with Crippen molar-refractivity contribution in [3.8, 4) is 11.1 Å². The summed E-state index contributed by atoms with van der Waals surface area (Å²) in [7, 11) is 0. The molecule has 0 aliphatic heterocycles. The van der Waals surface area contributed by atoms with Gasteiger partial charge in [0.25, 0.3) is 5.56 Å². The van der Waals surface area contributed by atoms with Crippen LogP contribution >= 0.6 is 23.2 Å². The van der Waals surface area contributed by atoms with Crippen LogP contribution in [0.25, 0.3) is 33.8 Å². The molecule has 10 nitrogen and oxygen atoms in total. The van der Waals surface area contributed by atoms with Crippen molar-refractivity contribution in [3.05, 3.63) is 85.8 Å². The van der Waals surface area contributed by atoms with E-state index in [1.165, 1.54) is 0 Å². The van der Waals surface area contributed by atoms with Crippen LogP contribution in [-0.4, -0.2) is 66.5 Å². The molecule has 0 spiro atoms. The Morgan fingerprint density at radius 3 is 2.37 bits per heavy atom. The maximum Gasteiger partial charge on any atom is 0.262 e. The van der Waals surface area contributed by atoms with Gasteiger partial charge in [0.05, 0.1) is 23.9 Å². The second kappa shape index (κ2) is 12.5. The van der Waals surface area contributed by atoms with Gasteiger partial charge in [-0.1, -0.05) is 47.5 Å².